The molecule has 6 heteroatoms. The molecule has 2 aromatic carbocycles. The molecule has 2 aliphatic rings. The van der Waals surface area contributed by atoms with E-state index in [1.807, 2.05) is 60.7 Å². The van der Waals surface area contributed by atoms with Crippen LogP contribution in [0.1, 0.15) is 11.1 Å². The molecule has 112 valence electrons. The third-order valence-corrected chi connectivity index (χ3v) is 3.57. The summed E-state index contributed by atoms with van der Waals surface area (Å²) in [7, 11) is 0. The third kappa shape index (κ3) is 2.40. The number of hydrogen-bond donors (Lipinski definition) is 1. The quantitative estimate of drug-likeness (QED) is 0.915. The van der Waals surface area contributed by atoms with Gasteiger partial charge in [0.1, 0.15) is 18.0 Å². The standard InChI is InChI=1S/C17H13N5O/c23-14-11-18-20-17-19-15(12-7-3-1-4-8-12)16(21-22(14)17)13-9-5-2-6-10-13/h1-10,18H,11H2. The zero-order chi connectivity index (χ0) is 15.6. The van der Waals surface area contributed by atoms with Crippen molar-refractivity contribution in [3.8, 4) is 0 Å². The van der Waals surface area contributed by atoms with E-state index in [2.05, 4.69) is 20.6 Å². The minimum absolute atomic E-state index is 0.116. The number of aliphatic imine (C=N–C) groups is 1. The molecule has 0 radical (unpaired) electrons. The highest BCUT2D eigenvalue weighted by Crippen LogP contribution is 2.17. The first-order valence-electron chi connectivity index (χ1n) is 7.25. The second kappa shape index (κ2) is 5.49. The van der Waals surface area contributed by atoms with Crippen molar-refractivity contribution in [3.63, 3.8) is 0 Å². The SMILES string of the molecule is O=C1CNN=C2N=C(c3ccccc3)C(c3ccccc3)=NN12. The van der Waals surface area contributed by atoms with E-state index in [0.29, 0.717) is 11.4 Å². The van der Waals surface area contributed by atoms with Gasteiger partial charge in [-0.25, -0.2) is 4.99 Å². The molecule has 1 amide bonds. The van der Waals surface area contributed by atoms with Gasteiger partial charge in [-0.15, -0.1) is 5.10 Å². The number of benzene rings is 2. The molecule has 0 saturated carbocycles. The van der Waals surface area contributed by atoms with Crippen LogP contribution in [0.3, 0.4) is 0 Å². The van der Waals surface area contributed by atoms with Crippen molar-refractivity contribution in [1.29, 1.82) is 0 Å². The molecule has 0 bridgehead atoms. The Balaban J connectivity index is 1.89. The van der Waals surface area contributed by atoms with Crippen LogP contribution in [0.15, 0.2) is 75.9 Å². The van der Waals surface area contributed by atoms with Gasteiger partial charge in [0.05, 0.1) is 0 Å². The average molecular weight is 303 g/mol. The summed E-state index contributed by atoms with van der Waals surface area (Å²) in [6.45, 7) is 0.116. The molecule has 0 spiro atoms. The summed E-state index contributed by atoms with van der Waals surface area (Å²) in [5.41, 5.74) is 5.87. The van der Waals surface area contributed by atoms with Crippen LogP contribution in [0.5, 0.6) is 0 Å². The topological polar surface area (TPSA) is 69.4 Å². The summed E-state index contributed by atoms with van der Waals surface area (Å²) in [5, 5.41) is 9.85. The number of nitrogens with zero attached hydrogens (tertiary/aromatic N) is 4. The van der Waals surface area contributed by atoms with Gasteiger partial charge in [0.25, 0.3) is 11.9 Å². The van der Waals surface area contributed by atoms with Crippen LogP contribution in [0.4, 0.5) is 0 Å². The van der Waals surface area contributed by atoms with Crippen molar-refractivity contribution >= 4 is 23.3 Å². The number of amides is 1. The molecule has 0 aromatic heterocycles. The summed E-state index contributed by atoms with van der Waals surface area (Å²) in [6.07, 6.45) is 0. The Morgan fingerprint density at radius 3 is 2.13 bits per heavy atom. The molecule has 2 aromatic rings. The Labute approximate surface area is 132 Å². The van der Waals surface area contributed by atoms with E-state index in [1.165, 1.54) is 5.01 Å². The summed E-state index contributed by atoms with van der Waals surface area (Å²) < 4.78 is 0. The van der Waals surface area contributed by atoms with Crippen molar-refractivity contribution < 1.29 is 4.79 Å². The molecule has 1 N–H and O–H groups in total. The molecule has 2 heterocycles. The van der Waals surface area contributed by atoms with Crippen LogP contribution >= 0.6 is 0 Å². The molecule has 2 aliphatic heterocycles. The van der Waals surface area contributed by atoms with Gasteiger partial charge in [0.15, 0.2) is 0 Å². The van der Waals surface area contributed by atoms with Gasteiger partial charge in [-0.2, -0.15) is 10.1 Å². The fraction of sp³-hybridized carbons (Fsp3) is 0.0588. The normalized spacial score (nSPS) is 16.8. The van der Waals surface area contributed by atoms with Crippen LogP contribution in [-0.4, -0.2) is 34.8 Å². The number of rotatable bonds is 2. The van der Waals surface area contributed by atoms with Gasteiger partial charge in [-0.3, -0.25) is 10.2 Å². The highest BCUT2D eigenvalue weighted by Gasteiger charge is 2.30. The Hall–Kier alpha value is -3.28. The maximum absolute atomic E-state index is 12.1. The fourth-order valence-corrected chi connectivity index (χ4v) is 2.47. The molecule has 0 unspecified atom stereocenters. The van der Waals surface area contributed by atoms with Gasteiger partial charge in [0, 0.05) is 11.1 Å². The lowest BCUT2D eigenvalue weighted by molar-refractivity contribution is -0.127. The predicted octanol–water partition coefficient (Wildman–Crippen LogP) is 1.60. The van der Waals surface area contributed by atoms with E-state index in [0.717, 1.165) is 11.1 Å². The number of nitrogens with one attached hydrogen (secondary N) is 1. The number of hydrazone groups is 2. The first kappa shape index (κ1) is 13.4. The van der Waals surface area contributed by atoms with Gasteiger partial charge >= 0.3 is 0 Å². The molecule has 23 heavy (non-hydrogen) atoms. The van der Waals surface area contributed by atoms with Crippen molar-refractivity contribution in [2.24, 2.45) is 15.2 Å². The van der Waals surface area contributed by atoms with Gasteiger partial charge in [-0.1, -0.05) is 60.7 Å². The number of carbonyl (C=O) groups is 1. The fourth-order valence-electron chi connectivity index (χ4n) is 2.47. The van der Waals surface area contributed by atoms with Gasteiger partial charge in [0.2, 0.25) is 0 Å². The minimum atomic E-state index is -0.181. The molecular formula is C17H13N5O. The second-order valence-corrected chi connectivity index (χ2v) is 5.09. The minimum Gasteiger partial charge on any atom is -0.297 e. The van der Waals surface area contributed by atoms with Crippen molar-refractivity contribution in [2.75, 3.05) is 6.54 Å². The van der Waals surface area contributed by atoms with Gasteiger partial charge < -0.3 is 0 Å². The lowest BCUT2D eigenvalue weighted by Crippen LogP contribution is -2.46. The highest BCUT2D eigenvalue weighted by atomic mass is 16.2. The average Bonchev–Trinajstić information content (AvgIpc) is 2.63. The zero-order valence-corrected chi connectivity index (χ0v) is 12.2. The summed E-state index contributed by atoms with van der Waals surface area (Å²) in [4.78, 5) is 16.6. The van der Waals surface area contributed by atoms with Gasteiger partial charge in [-0.05, 0) is 0 Å². The van der Waals surface area contributed by atoms with E-state index < -0.39 is 0 Å². The predicted molar refractivity (Wildman–Crippen MR) is 88.2 cm³/mol. The number of fused-ring (bicyclic) bond motifs is 1. The molecule has 0 saturated heterocycles. The highest BCUT2D eigenvalue weighted by molar-refractivity contribution is 6.55. The lowest BCUT2D eigenvalue weighted by Gasteiger charge is -2.26. The van der Waals surface area contributed by atoms with E-state index in [1.54, 1.807) is 0 Å². The Morgan fingerprint density at radius 1 is 0.870 bits per heavy atom. The first-order valence-corrected chi connectivity index (χ1v) is 7.25. The van der Waals surface area contributed by atoms with E-state index in [9.17, 15) is 4.79 Å². The summed E-state index contributed by atoms with van der Waals surface area (Å²) in [6, 6.07) is 19.5. The Bertz CT molecular complexity index is 840. The van der Waals surface area contributed by atoms with Crippen molar-refractivity contribution in [3.05, 3.63) is 71.8 Å². The number of hydrogen-bond acceptors (Lipinski definition) is 5. The van der Waals surface area contributed by atoms with Crippen LogP contribution in [-0.2, 0) is 4.79 Å². The number of guanidine groups is 1. The van der Waals surface area contributed by atoms with Crippen LogP contribution in [0, 0.1) is 0 Å². The maximum atomic E-state index is 12.1. The van der Waals surface area contributed by atoms with E-state index >= 15 is 0 Å². The molecule has 0 fully saturated rings. The molecule has 4 rings (SSSR count). The largest absolute Gasteiger partial charge is 0.297 e. The van der Waals surface area contributed by atoms with Crippen molar-refractivity contribution in [2.45, 2.75) is 0 Å². The Morgan fingerprint density at radius 2 is 1.48 bits per heavy atom. The smallest absolute Gasteiger partial charge is 0.271 e. The molecule has 0 atom stereocenters. The second-order valence-electron chi connectivity index (χ2n) is 5.09. The third-order valence-electron chi connectivity index (χ3n) is 3.57. The monoisotopic (exact) mass is 303 g/mol. The van der Waals surface area contributed by atoms with Crippen LogP contribution in [0.2, 0.25) is 0 Å². The van der Waals surface area contributed by atoms with Crippen LogP contribution < -0.4 is 5.43 Å². The Kier molecular flexibility index (Phi) is 3.20. The number of carbonyl (C=O) groups excluding carboxylic acids is 1. The summed E-state index contributed by atoms with van der Waals surface area (Å²) >= 11 is 0. The van der Waals surface area contributed by atoms with E-state index in [-0.39, 0.29) is 18.4 Å². The summed E-state index contributed by atoms with van der Waals surface area (Å²) in [5.74, 6) is 0.0825. The lowest BCUT2D eigenvalue weighted by atomic mass is 9.99. The molecule has 6 nitrogen and oxygen atoms in total. The molecular weight excluding hydrogens is 290 g/mol. The van der Waals surface area contributed by atoms with E-state index in [4.69, 9.17) is 0 Å². The first-order chi connectivity index (χ1) is 11.3. The van der Waals surface area contributed by atoms with Crippen LogP contribution in [0.25, 0.3) is 0 Å². The molecule has 0 aliphatic carbocycles. The zero-order valence-electron chi connectivity index (χ0n) is 12.2. The maximum Gasteiger partial charge on any atom is 0.271 e. The van der Waals surface area contributed by atoms with Crippen molar-refractivity contribution in [1.82, 2.24) is 10.4 Å².